The van der Waals surface area contributed by atoms with Crippen LogP contribution in [0.4, 0.5) is 10.5 Å². The highest BCUT2D eigenvalue weighted by molar-refractivity contribution is 6.39. The molecule has 2 rings (SSSR count). The maximum atomic E-state index is 12.0. The normalized spacial score (nSPS) is 14.6. The molecule has 1 atom stereocenters. The van der Waals surface area contributed by atoms with Crippen LogP contribution in [-0.2, 0) is 9.59 Å². The largest absolute Gasteiger partial charge is 0.335 e. The van der Waals surface area contributed by atoms with Crippen LogP contribution >= 0.6 is 23.2 Å². The minimum atomic E-state index is -0.498. The molecule has 0 aliphatic heterocycles. The minimum Gasteiger partial charge on any atom is -0.335 e. The number of quaternary nitrogens is 1. The smallest absolute Gasteiger partial charge is 0.321 e. The molecule has 9 heteroatoms. The molecule has 0 aromatic heterocycles. The number of likely N-dealkylation sites (N-methyl/N-ethyl adjacent to an activating group) is 1. The zero-order valence-corrected chi connectivity index (χ0v) is 14.6. The van der Waals surface area contributed by atoms with Gasteiger partial charge in [0.05, 0.1) is 22.8 Å². The maximum Gasteiger partial charge on any atom is 0.321 e. The van der Waals surface area contributed by atoms with Gasteiger partial charge in [0.1, 0.15) is 0 Å². The fraction of sp³-hybridized carbons (Fsp3) is 0.400. The summed E-state index contributed by atoms with van der Waals surface area (Å²) < 4.78 is 0. The van der Waals surface area contributed by atoms with Gasteiger partial charge in [-0.2, -0.15) is 0 Å². The second-order valence-corrected chi connectivity index (χ2v) is 6.57. The number of nitrogens with one attached hydrogen (secondary N) is 4. The van der Waals surface area contributed by atoms with Crippen molar-refractivity contribution >= 4 is 46.7 Å². The lowest BCUT2D eigenvalue weighted by atomic mass is 10.3. The highest BCUT2D eigenvalue weighted by Gasteiger charge is 2.24. The summed E-state index contributed by atoms with van der Waals surface area (Å²) in [5.41, 5.74) is 0.340. The summed E-state index contributed by atoms with van der Waals surface area (Å²) in [5.74, 6) is -0.785. The Labute approximate surface area is 149 Å². The number of hydrogen-bond acceptors (Lipinski definition) is 3. The predicted molar refractivity (Wildman–Crippen MR) is 91.4 cm³/mol. The highest BCUT2D eigenvalue weighted by Crippen LogP contribution is 2.29. The molecule has 130 valence electrons. The summed E-state index contributed by atoms with van der Waals surface area (Å²) in [6.07, 6.45) is 1.88. The zero-order chi connectivity index (χ0) is 17.7. The number of rotatable bonds is 6. The van der Waals surface area contributed by atoms with E-state index >= 15 is 0 Å². The van der Waals surface area contributed by atoms with Crippen molar-refractivity contribution in [3.05, 3.63) is 28.2 Å². The average Bonchev–Trinajstić information content (AvgIpc) is 3.26. The first kappa shape index (κ1) is 18.5. The Balaban J connectivity index is 1.76. The Kier molecular flexibility index (Phi) is 6.42. The van der Waals surface area contributed by atoms with Crippen LogP contribution in [0.3, 0.4) is 0 Å². The van der Waals surface area contributed by atoms with Gasteiger partial charge in [0.2, 0.25) is 0 Å². The molecule has 0 radical (unpaired) electrons. The zero-order valence-electron chi connectivity index (χ0n) is 13.1. The molecule has 1 aliphatic carbocycles. The van der Waals surface area contributed by atoms with Crippen LogP contribution in [0.1, 0.15) is 12.8 Å². The number of carbonyl (C=O) groups excluding carboxylic acids is 3. The standard InChI is InChI=1S/C15H18Cl2N4O3/c1-21(8-13(23)20-15(24)18-9-5-6-9)7-12(22)19-14-10(16)3-2-4-11(14)17/h2-4,9H,5-8H2,1H3,(H,19,22)(H2,18,20,23,24)/p+1. The Hall–Kier alpha value is -1.83. The second-order valence-electron chi connectivity index (χ2n) is 5.75. The first-order valence-corrected chi connectivity index (χ1v) is 8.26. The summed E-state index contributed by atoms with van der Waals surface area (Å²) in [6, 6.07) is 4.59. The minimum absolute atomic E-state index is 0.0121. The van der Waals surface area contributed by atoms with Gasteiger partial charge in [0.25, 0.3) is 11.8 Å². The lowest BCUT2D eigenvalue weighted by Crippen LogP contribution is -3.11. The molecule has 1 aliphatic rings. The number of carbonyl (C=O) groups is 3. The summed E-state index contributed by atoms with van der Waals surface area (Å²) in [4.78, 5) is 35.9. The van der Waals surface area contributed by atoms with Crippen molar-refractivity contribution in [1.82, 2.24) is 10.6 Å². The van der Waals surface area contributed by atoms with Crippen molar-refractivity contribution in [2.24, 2.45) is 0 Å². The van der Waals surface area contributed by atoms with E-state index < -0.39 is 11.9 Å². The number of amides is 4. The summed E-state index contributed by atoms with van der Waals surface area (Å²) in [5, 5.41) is 8.19. The number of halogens is 2. The van der Waals surface area contributed by atoms with E-state index in [4.69, 9.17) is 23.2 Å². The lowest BCUT2D eigenvalue weighted by molar-refractivity contribution is -0.862. The highest BCUT2D eigenvalue weighted by atomic mass is 35.5. The molecule has 1 fully saturated rings. The SMILES string of the molecule is C[NH+](CC(=O)NC(=O)NC1CC1)CC(=O)Nc1c(Cl)cccc1Cl. The fourth-order valence-corrected chi connectivity index (χ4v) is 2.52. The number of benzene rings is 1. The first-order chi connectivity index (χ1) is 11.3. The van der Waals surface area contributed by atoms with Crippen LogP contribution in [-0.4, -0.2) is 44.0 Å². The topological polar surface area (TPSA) is 91.7 Å². The molecule has 4 N–H and O–H groups in total. The van der Waals surface area contributed by atoms with Gasteiger partial charge in [-0.15, -0.1) is 0 Å². The molecule has 7 nitrogen and oxygen atoms in total. The first-order valence-electron chi connectivity index (χ1n) is 7.50. The monoisotopic (exact) mass is 373 g/mol. The van der Waals surface area contributed by atoms with Crippen molar-refractivity contribution in [3.8, 4) is 0 Å². The van der Waals surface area contributed by atoms with E-state index in [0.29, 0.717) is 20.6 Å². The molecule has 1 unspecified atom stereocenters. The molecular formula is C15H19Cl2N4O3+. The van der Waals surface area contributed by atoms with Crippen molar-refractivity contribution in [3.63, 3.8) is 0 Å². The van der Waals surface area contributed by atoms with E-state index in [1.54, 1.807) is 25.2 Å². The van der Waals surface area contributed by atoms with Crippen molar-refractivity contribution in [2.45, 2.75) is 18.9 Å². The van der Waals surface area contributed by atoms with Crippen LogP contribution in [0.15, 0.2) is 18.2 Å². The quantitative estimate of drug-likeness (QED) is 0.582. The van der Waals surface area contributed by atoms with Gasteiger partial charge in [-0.05, 0) is 25.0 Å². The third-order valence-electron chi connectivity index (χ3n) is 3.32. The van der Waals surface area contributed by atoms with Crippen LogP contribution in [0.25, 0.3) is 0 Å². The Morgan fingerprint density at radius 2 is 1.71 bits per heavy atom. The summed E-state index contributed by atoms with van der Waals surface area (Å²) in [7, 11) is 1.67. The Morgan fingerprint density at radius 3 is 2.29 bits per heavy atom. The van der Waals surface area contributed by atoms with Gasteiger partial charge in [0, 0.05) is 6.04 Å². The maximum absolute atomic E-state index is 12.0. The second kappa shape index (κ2) is 8.32. The number of para-hydroxylation sites is 1. The number of imide groups is 1. The van der Waals surface area contributed by atoms with Crippen molar-refractivity contribution in [2.75, 3.05) is 25.5 Å². The van der Waals surface area contributed by atoms with Crippen LogP contribution < -0.4 is 20.9 Å². The van der Waals surface area contributed by atoms with E-state index in [1.807, 2.05) is 0 Å². The van der Waals surface area contributed by atoms with Crippen LogP contribution in [0.5, 0.6) is 0 Å². The molecule has 1 saturated carbocycles. The molecule has 0 spiro atoms. The molecule has 0 saturated heterocycles. The van der Waals surface area contributed by atoms with Gasteiger partial charge < -0.3 is 15.5 Å². The van der Waals surface area contributed by atoms with Crippen molar-refractivity contribution in [1.29, 1.82) is 0 Å². The van der Waals surface area contributed by atoms with Crippen molar-refractivity contribution < 1.29 is 19.3 Å². The molecule has 4 amide bonds. The molecular weight excluding hydrogens is 355 g/mol. The van der Waals surface area contributed by atoms with Crippen LogP contribution in [0.2, 0.25) is 10.0 Å². The van der Waals surface area contributed by atoms with Gasteiger partial charge in [0.15, 0.2) is 13.1 Å². The van der Waals surface area contributed by atoms with E-state index in [9.17, 15) is 14.4 Å². The third kappa shape index (κ3) is 5.99. The van der Waals surface area contributed by atoms with Gasteiger partial charge in [-0.25, -0.2) is 4.79 Å². The van der Waals surface area contributed by atoms with E-state index in [0.717, 1.165) is 12.8 Å². The van der Waals surface area contributed by atoms with Crippen LogP contribution in [0, 0.1) is 0 Å². The van der Waals surface area contributed by atoms with E-state index in [1.165, 1.54) is 0 Å². The molecule has 0 heterocycles. The Morgan fingerprint density at radius 1 is 1.12 bits per heavy atom. The summed E-state index contributed by atoms with van der Waals surface area (Å²) in [6.45, 7) is 0.0149. The van der Waals surface area contributed by atoms with E-state index in [2.05, 4.69) is 16.0 Å². The van der Waals surface area contributed by atoms with Gasteiger partial charge >= 0.3 is 6.03 Å². The molecule has 1 aromatic carbocycles. The predicted octanol–water partition coefficient (Wildman–Crippen LogP) is 0.435. The number of hydrogen-bond donors (Lipinski definition) is 4. The Bertz CT molecular complexity index is 629. The average molecular weight is 374 g/mol. The fourth-order valence-electron chi connectivity index (χ4n) is 2.03. The number of urea groups is 1. The van der Waals surface area contributed by atoms with E-state index in [-0.39, 0.29) is 25.0 Å². The summed E-state index contributed by atoms with van der Waals surface area (Å²) >= 11 is 12.0. The van der Waals surface area contributed by atoms with Gasteiger partial charge in [-0.3, -0.25) is 14.9 Å². The molecule has 24 heavy (non-hydrogen) atoms. The lowest BCUT2D eigenvalue weighted by Gasteiger charge is -2.14. The number of anilines is 1. The molecule has 0 bridgehead atoms. The van der Waals surface area contributed by atoms with Gasteiger partial charge in [-0.1, -0.05) is 29.3 Å². The third-order valence-corrected chi connectivity index (χ3v) is 3.95. The molecule has 1 aromatic rings.